The molecule has 1 N–H and O–H groups in total. The molecule has 0 bridgehead atoms. The van der Waals surface area contributed by atoms with Gasteiger partial charge in [0, 0.05) is 11.6 Å². The van der Waals surface area contributed by atoms with E-state index < -0.39 is 24.3 Å². The number of hydrogen-bond acceptors (Lipinski definition) is 6. The number of nitrogens with one attached hydrogen (secondary N) is 1. The van der Waals surface area contributed by atoms with Crippen molar-refractivity contribution in [1.29, 1.82) is 0 Å². The van der Waals surface area contributed by atoms with Gasteiger partial charge < -0.3 is 10.1 Å². The zero-order valence-corrected chi connectivity index (χ0v) is 18.0. The van der Waals surface area contributed by atoms with Gasteiger partial charge in [0.1, 0.15) is 10.8 Å². The average molecular weight is 474 g/mol. The van der Waals surface area contributed by atoms with Crippen molar-refractivity contribution in [3.05, 3.63) is 81.8 Å². The van der Waals surface area contributed by atoms with Gasteiger partial charge in [-0.05, 0) is 30.7 Å². The number of benzene rings is 2. The summed E-state index contributed by atoms with van der Waals surface area (Å²) in [5.74, 6) is -0.648. The quantitative estimate of drug-likeness (QED) is 0.459. The second kappa shape index (κ2) is 9.02. The van der Waals surface area contributed by atoms with E-state index in [1.165, 1.54) is 34.1 Å². The van der Waals surface area contributed by atoms with Gasteiger partial charge in [0.15, 0.2) is 6.61 Å². The monoisotopic (exact) mass is 474 g/mol. The maximum atomic E-state index is 12.8. The number of halogens is 3. The minimum Gasteiger partial charge on any atom is -0.484 e. The molecule has 1 amide bonds. The van der Waals surface area contributed by atoms with Gasteiger partial charge in [-0.2, -0.15) is 22.8 Å². The lowest BCUT2D eigenvalue weighted by atomic mass is 10.1. The van der Waals surface area contributed by atoms with Crippen LogP contribution in [0.1, 0.15) is 16.8 Å². The number of rotatable bonds is 6. The van der Waals surface area contributed by atoms with E-state index in [9.17, 15) is 22.8 Å². The molecule has 0 aliphatic rings. The van der Waals surface area contributed by atoms with Crippen molar-refractivity contribution in [2.75, 3.05) is 6.61 Å². The van der Waals surface area contributed by atoms with Crippen molar-refractivity contribution < 1.29 is 22.7 Å². The van der Waals surface area contributed by atoms with Crippen LogP contribution in [0, 0.1) is 6.92 Å². The van der Waals surface area contributed by atoms with Crippen molar-refractivity contribution in [3.8, 4) is 16.3 Å². The average Bonchev–Trinajstić information content (AvgIpc) is 3.21. The molecular weight excluding hydrogens is 457 g/mol. The first-order valence-electron chi connectivity index (χ1n) is 9.73. The molecule has 2 heterocycles. The number of fused-ring (bicyclic) bond motifs is 1. The Hall–Kier alpha value is -3.73. The number of alkyl halides is 3. The molecule has 0 spiro atoms. The molecule has 4 aromatic rings. The summed E-state index contributed by atoms with van der Waals surface area (Å²) in [5.41, 5.74) is 0.979. The van der Waals surface area contributed by atoms with Gasteiger partial charge >= 0.3 is 6.18 Å². The number of aromatic nitrogens is 3. The highest BCUT2D eigenvalue weighted by Crippen LogP contribution is 2.31. The third-order valence-corrected chi connectivity index (χ3v) is 5.61. The van der Waals surface area contributed by atoms with Crippen molar-refractivity contribution in [2.45, 2.75) is 19.6 Å². The van der Waals surface area contributed by atoms with Crippen molar-refractivity contribution in [2.24, 2.45) is 0 Å². The molecule has 2 aromatic heterocycles. The number of carbonyl (C=O) groups excluding carboxylic acids is 1. The predicted octanol–water partition coefficient (Wildman–Crippen LogP) is 3.84. The Bertz CT molecular complexity index is 1380. The van der Waals surface area contributed by atoms with Crippen LogP contribution >= 0.6 is 11.3 Å². The van der Waals surface area contributed by atoms with Gasteiger partial charge in [-0.15, -0.1) is 0 Å². The Morgan fingerprint density at radius 3 is 2.70 bits per heavy atom. The second-order valence-electron chi connectivity index (χ2n) is 7.09. The smallest absolute Gasteiger partial charge is 0.416 e. The molecule has 170 valence electrons. The Morgan fingerprint density at radius 1 is 1.15 bits per heavy atom. The van der Waals surface area contributed by atoms with Gasteiger partial charge in [-0.25, -0.2) is 4.98 Å². The van der Waals surface area contributed by atoms with Crippen LogP contribution in [0.5, 0.6) is 5.75 Å². The summed E-state index contributed by atoms with van der Waals surface area (Å²) in [6.45, 7) is 1.41. The Morgan fingerprint density at radius 2 is 1.94 bits per heavy atom. The largest absolute Gasteiger partial charge is 0.484 e. The fraction of sp³-hybridized carbons (Fsp3) is 0.182. The molecule has 0 saturated heterocycles. The highest BCUT2D eigenvalue weighted by molar-refractivity contribution is 7.19. The summed E-state index contributed by atoms with van der Waals surface area (Å²) < 4.78 is 44.6. The molecule has 0 saturated carbocycles. The molecule has 0 atom stereocenters. The fourth-order valence-corrected chi connectivity index (χ4v) is 4.03. The maximum absolute atomic E-state index is 12.8. The van der Waals surface area contributed by atoms with Crippen LogP contribution in [0.25, 0.3) is 15.5 Å². The highest BCUT2D eigenvalue weighted by Gasteiger charge is 2.30. The minimum absolute atomic E-state index is 0.0475. The lowest BCUT2D eigenvalue weighted by Gasteiger charge is -2.10. The van der Waals surface area contributed by atoms with Gasteiger partial charge in [0.05, 0.1) is 17.8 Å². The molecule has 33 heavy (non-hydrogen) atoms. The standard InChI is InChI=1S/C22H17F3N4O3S/c1-13-5-2-3-8-17(13)20-28-29-19(31)10-15(27-21(29)33-20)11-26-18(30)12-32-16-7-4-6-14(9-16)22(23,24)25/h2-10H,11-12H2,1H3,(H,26,30). The van der Waals surface area contributed by atoms with E-state index in [0.717, 1.165) is 23.3 Å². The first-order valence-corrected chi connectivity index (χ1v) is 10.5. The second-order valence-corrected chi connectivity index (χ2v) is 8.05. The van der Waals surface area contributed by atoms with Crippen molar-refractivity contribution in [3.63, 3.8) is 0 Å². The number of nitrogens with zero attached hydrogens (tertiary/aromatic N) is 3. The highest BCUT2D eigenvalue weighted by atomic mass is 32.1. The molecule has 7 nitrogen and oxygen atoms in total. The SMILES string of the molecule is Cc1ccccc1-c1nn2c(=O)cc(CNC(=O)COc3cccc(C(F)(F)F)c3)nc2s1. The van der Waals surface area contributed by atoms with E-state index in [2.05, 4.69) is 15.4 Å². The first-order chi connectivity index (χ1) is 15.7. The minimum atomic E-state index is -4.50. The lowest BCUT2D eigenvalue weighted by molar-refractivity contribution is -0.137. The fourth-order valence-electron chi connectivity index (χ4n) is 3.02. The molecule has 4 rings (SSSR count). The van der Waals surface area contributed by atoms with Crippen molar-refractivity contribution >= 4 is 22.2 Å². The van der Waals surface area contributed by atoms with Crippen LogP contribution in [-0.4, -0.2) is 27.1 Å². The van der Waals surface area contributed by atoms with Gasteiger partial charge in [0.25, 0.3) is 11.5 Å². The normalized spacial score (nSPS) is 11.5. The van der Waals surface area contributed by atoms with Gasteiger partial charge in [0.2, 0.25) is 4.96 Å². The van der Waals surface area contributed by atoms with Crippen LogP contribution in [0.3, 0.4) is 0 Å². The third kappa shape index (κ3) is 5.20. The molecule has 0 aliphatic carbocycles. The summed E-state index contributed by atoms with van der Waals surface area (Å²) in [6, 6.07) is 13.2. The van der Waals surface area contributed by atoms with E-state index in [1.807, 2.05) is 31.2 Å². The number of ether oxygens (including phenoxy) is 1. The molecule has 0 aliphatic heterocycles. The van der Waals surface area contributed by atoms with Crippen LogP contribution in [-0.2, 0) is 17.5 Å². The third-order valence-electron chi connectivity index (χ3n) is 4.67. The molecule has 0 unspecified atom stereocenters. The van der Waals surface area contributed by atoms with E-state index in [0.29, 0.717) is 15.7 Å². The summed E-state index contributed by atoms with van der Waals surface area (Å²) >= 11 is 1.25. The summed E-state index contributed by atoms with van der Waals surface area (Å²) in [4.78, 5) is 29.3. The van der Waals surface area contributed by atoms with Gasteiger partial charge in [-0.1, -0.05) is 41.7 Å². The number of amides is 1. The Balaban J connectivity index is 1.41. The Kier molecular flexibility index (Phi) is 6.14. The zero-order valence-electron chi connectivity index (χ0n) is 17.2. The predicted molar refractivity (Wildman–Crippen MR) is 116 cm³/mol. The molecule has 0 radical (unpaired) electrons. The lowest BCUT2D eigenvalue weighted by Crippen LogP contribution is -2.29. The van der Waals surface area contributed by atoms with Gasteiger partial charge in [-0.3, -0.25) is 9.59 Å². The van der Waals surface area contributed by atoms with E-state index >= 15 is 0 Å². The zero-order chi connectivity index (χ0) is 23.6. The topological polar surface area (TPSA) is 85.6 Å². The number of carbonyl (C=O) groups is 1. The summed E-state index contributed by atoms with van der Waals surface area (Å²) in [6.07, 6.45) is -4.50. The Labute approximate surface area is 189 Å². The van der Waals surface area contributed by atoms with E-state index in [4.69, 9.17) is 4.74 Å². The van der Waals surface area contributed by atoms with E-state index in [-0.39, 0.29) is 17.9 Å². The van der Waals surface area contributed by atoms with E-state index in [1.54, 1.807) is 0 Å². The molecule has 11 heteroatoms. The van der Waals surface area contributed by atoms with Crippen LogP contribution in [0.15, 0.2) is 59.4 Å². The molecule has 2 aromatic carbocycles. The summed E-state index contributed by atoms with van der Waals surface area (Å²) in [7, 11) is 0. The number of aryl methyl sites for hydroxylation is 1. The molecular formula is C22H17F3N4O3S. The summed E-state index contributed by atoms with van der Waals surface area (Å²) in [5, 5.41) is 7.53. The molecule has 0 fully saturated rings. The van der Waals surface area contributed by atoms with Crippen molar-refractivity contribution in [1.82, 2.24) is 19.9 Å². The maximum Gasteiger partial charge on any atom is 0.416 e. The van der Waals surface area contributed by atoms with Crippen LogP contribution in [0.2, 0.25) is 0 Å². The van der Waals surface area contributed by atoms with Crippen LogP contribution < -0.4 is 15.6 Å². The van der Waals surface area contributed by atoms with Crippen LogP contribution in [0.4, 0.5) is 13.2 Å². The number of hydrogen-bond donors (Lipinski definition) is 1. The first kappa shape index (κ1) is 22.5.